The van der Waals surface area contributed by atoms with Crippen LogP contribution in [0.1, 0.15) is 18.3 Å². The average molecular weight is 341 g/mol. The molecule has 1 aromatic carbocycles. The van der Waals surface area contributed by atoms with Crippen molar-refractivity contribution in [2.75, 3.05) is 11.9 Å². The zero-order valence-corrected chi connectivity index (χ0v) is 13.2. The molecular weight excluding hydrogens is 326 g/mol. The third kappa shape index (κ3) is 3.91. The first-order chi connectivity index (χ1) is 9.08. The Morgan fingerprint density at radius 3 is 2.53 bits per heavy atom. The standard InChI is InChI=1S/C14H15BrClN3/c1-3-13-17-12(16)8-14(18-13)19(2)9-10-4-6-11(15)7-5-10/h4-8H,3,9H2,1-2H3. The summed E-state index contributed by atoms with van der Waals surface area (Å²) in [4.78, 5) is 10.7. The molecule has 0 N–H and O–H groups in total. The number of hydrogen-bond donors (Lipinski definition) is 0. The van der Waals surface area contributed by atoms with Gasteiger partial charge in [-0.15, -0.1) is 0 Å². The first-order valence-corrected chi connectivity index (χ1v) is 7.24. The highest BCUT2D eigenvalue weighted by Crippen LogP contribution is 2.18. The number of aryl methyl sites for hydroxylation is 1. The van der Waals surface area contributed by atoms with Gasteiger partial charge in [0.15, 0.2) is 0 Å². The number of rotatable bonds is 4. The van der Waals surface area contributed by atoms with Crippen LogP contribution in [0.5, 0.6) is 0 Å². The number of anilines is 1. The summed E-state index contributed by atoms with van der Waals surface area (Å²) in [5.41, 5.74) is 1.22. The summed E-state index contributed by atoms with van der Waals surface area (Å²) >= 11 is 9.45. The Bertz CT molecular complexity index is 557. The van der Waals surface area contributed by atoms with E-state index < -0.39 is 0 Å². The monoisotopic (exact) mass is 339 g/mol. The summed E-state index contributed by atoms with van der Waals surface area (Å²) in [6, 6.07) is 10.0. The zero-order valence-electron chi connectivity index (χ0n) is 10.9. The van der Waals surface area contributed by atoms with Gasteiger partial charge in [-0.2, -0.15) is 0 Å². The second-order valence-corrected chi connectivity index (χ2v) is 5.60. The van der Waals surface area contributed by atoms with Crippen LogP contribution in [0.3, 0.4) is 0 Å². The molecule has 0 atom stereocenters. The van der Waals surface area contributed by atoms with Crippen LogP contribution in [0, 0.1) is 0 Å². The van der Waals surface area contributed by atoms with E-state index in [-0.39, 0.29) is 0 Å². The molecule has 1 aromatic heterocycles. The van der Waals surface area contributed by atoms with Gasteiger partial charge in [-0.25, -0.2) is 9.97 Å². The van der Waals surface area contributed by atoms with Crippen molar-refractivity contribution < 1.29 is 0 Å². The maximum atomic E-state index is 6.01. The normalized spacial score (nSPS) is 10.5. The summed E-state index contributed by atoms with van der Waals surface area (Å²) in [5.74, 6) is 1.62. The van der Waals surface area contributed by atoms with E-state index in [1.165, 1.54) is 5.56 Å². The van der Waals surface area contributed by atoms with Gasteiger partial charge in [-0.3, -0.25) is 0 Å². The molecule has 0 amide bonds. The third-order valence-electron chi connectivity index (χ3n) is 2.77. The second-order valence-electron chi connectivity index (χ2n) is 4.30. The summed E-state index contributed by atoms with van der Waals surface area (Å²) < 4.78 is 1.08. The molecule has 0 unspecified atom stereocenters. The highest BCUT2D eigenvalue weighted by atomic mass is 79.9. The van der Waals surface area contributed by atoms with Crippen LogP contribution >= 0.6 is 27.5 Å². The molecule has 0 bridgehead atoms. The Labute approximate surface area is 126 Å². The van der Waals surface area contributed by atoms with Crippen molar-refractivity contribution in [1.82, 2.24) is 9.97 Å². The predicted molar refractivity (Wildman–Crippen MR) is 82.7 cm³/mol. The molecule has 0 radical (unpaired) electrons. The molecule has 0 aliphatic rings. The first-order valence-electron chi connectivity index (χ1n) is 6.07. The number of aromatic nitrogens is 2. The lowest BCUT2D eigenvalue weighted by molar-refractivity contribution is 0.858. The van der Waals surface area contributed by atoms with Crippen molar-refractivity contribution in [3.05, 3.63) is 51.3 Å². The summed E-state index contributed by atoms with van der Waals surface area (Å²) in [5, 5.41) is 0.490. The lowest BCUT2D eigenvalue weighted by atomic mass is 10.2. The fourth-order valence-corrected chi connectivity index (χ4v) is 2.21. The molecule has 19 heavy (non-hydrogen) atoms. The van der Waals surface area contributed by atoms with Crippen LogP contribution in [0.25, 0.3) is 0 Å². The Morgan fingerprint density at radius 1 is 1.21 bits per heavy atom. The number of nitrogens with zero attached hydrogens (tertiary/aromatic N) is 3. The second kappa shape index (κ2) is 6.35. The van der Waals surface area contributed by atoms with E-state index in [2.05, 4.69) is 42.9 Å². The van der Waals surface area contributed by atoms with Crippen LogP contribution in [0.4, 0.5) is 5.82 Å². The van der Waals surface area contributed by atoms with Crippen molar-refractivity contribution in [3.8, 4) is 0 Å². The molecule has 1 heterocycles. The SMILES string of the molecule is CCc1nc(Cl)cc(N(C)Cc2ccc(Br)cc2)n1. The molecule has 0 saturated heterocycles. The van der Waals surface area contributed by atoms with Crippen LogP contribution in [0.15, 0.2) is 34.8 Å². The van der Waals surface area contributed by atoms with Gasteiger partial charge in [0.25, 0.3) is 0 Å². The number of hydrogen-bond acceptors (Lipinski definition) is 3. The minimum Gasteiger partial charge on any atom is -0.355 e. The lowest BCUT2D eigenvalue weighted by Gasteiger charge is -2.19. The molecule has 0 spiro atoms. The number of benzene rings is 1. The highest BCUT2D eigenvalue weighted by Gasteiger charge is 2.07. The molecule has 0 saturated carbocycles. The summed E-state index contributed by atoms with van der Waals surface area (Å²) in [7, 11) is 2.00. The largest absolute Gasteiger partial charge is 0.355 e. The van der Waals surface area contributed by atoms with Gasteiger partial charge >= 0.3 is 0 Å². The van der Waals surface area contributed by atoms with Gasteiger partial charge in [0.2, 0.25) is 0 Å². The molecular formula is C14H15BrClN3. The van der Waals surface area contributed by atoms with Gasteiger partial charge in [0.05, 0.1) is 0 Å². The van der Waals surface area contributed by atoms with E-state index in [1.807, 2.05) is 26.1 Å². The fourth-order valence-electron chi connectivity index (χ4n) is 1.75. The van der Waals surface area contributed by atoms with Crippen molar-refractivity contribution in [2.45, 2.75) is 19.9 Å². The minimum absolute atomic E-state index is 0.490. The quantitative estimate of drug-likeness (QED) is 0.785. The molecule has 3 nitrogen and oxygen atoms in total. The van der Waals surface area contributed by atoms with E-state index >= 15 is 0 Å². The van der Waals surface area contributed by atoms with E-state index in [0.717, 1.165) is 29.1 Å². The Hall–Kier alpha value is -1.13. The van der Waals surface area contributed by atoms with E-state index in [0.29, 0.717) is 5.15 Å². The van der Waals surface area contributed by atoms with Crippen LogP contribution < -0.4 is 4.90 Å². The third-order valence-corrected chi connectivity index (χ3v) is 3.49. The van der Waals surface area contributed by atoms with Crippen LogP contribution in [-0.4, -0.2) is 17.0 Å². The summed E-state index contributed by atoms with van der Waals surface area (Å²) in [6.45, 7) is 2.80. The van der Waals surface area contributed by atoms with Gasteiger partial charge in [-0.05, 0) is 17.7 Å². The smallest absolute Gasteiger partial charge is 0.134 e. The molecule has 5 heteroatoms. The Balaban J connectivity index is 2.17. The average Bonchev–Trinajstić information content (AvgIpc) is 2.40. The Morgan fingerprint density at radius 2 is 1.89 bits per heavy atom. The lowest BCUT2D eigenvalue weighted by Crippen LogP contribution is -2.18. The predicted octanol–water partition coefficient (Wildman–Crippen LogP) is 4.09. The van der Waals surface area contributed by atoms with Crippen LogP contribution in [-0.2, 0) is 13.0 Å². The van der Waals surface area contributed by atoms with Crippen molar-refractivity contribution in [2.24, 2.45) is 0 Å². The van der Waals surface area contributed by atoms with E-state index in [1.54, 1.807) is 6.07 Å². The topological polar surface area (TPSA) is 29.0 Å². The van der Waals surface area contributed by atoms with Gasteiger partial charge < -0.3 is 4.90 Å². The maximum Gasteiger partial charge on any atom is 0.134 e. The molecule has 0 aliphatic heterocycles. The van der Waals surface area contributed by atoms with E-state index in [4.69, 9.17) is 11.6 Å². The molecule has 0 fully saturated rings. The zero-order chi connectivity index (χ0) is 13.8. The van der Waals surface area contributed by atoms with Crippen molar-refractivity contribution in [3.63, 3.8) is 0 Å². The van der Waals surface area contributed by atoms with Crippen molar-refractivity contribution >= 4 is 33.3 Å². The van der Waals surface area contributed by atoms with Gasteiger partial charge in [-0.1, -0.05) is 46.6 Å². The molecule has 100 valence electrons. The summed E-state index contributed by atoms with van der Waals surface area (Å²) in [6.07, 6.45) is 0.777. The molecule has 2 rings (SSSR count). The van der Waals surface area contributed by atoms with E-state index in [9.17, 15) is 0 Å². The highest BCUT2D eigenvalue weighted by molar-refractivity contribution is 9.10. The fraction of sp³-hybridized carbons (Fsp3) is 0.286. The molecule has 0 aliphatic carbocycles. The van der Waals surface area contributed by atoms with Crippen molar-refractivity contribution in [1.29, 1.82) is 0 Å². The van der Waals surface area contributed by atoms with Crippen LogP contribution in [0.2, 0.25) is 5.15 Å². The first kappa shape index (κ1) is 14.3. The number of halogens is 2. The van der Waals surface area contributed by atoms with Gasteiger partial charge in [0, 0.05) is 30.6 Å². The maximum absolute atomic E-state index is 6.01. The minimum atomic E-state index is 0.490. The Kier molecular flexibility index (Phi) is 4.77. The van der Waals surface area contributed by atoms with Gasteiger partial charge in [0.1, 0.15) is 16.8 Å². The molecule has 2 aromatic rings.